The van der Waals surface area contributed by atoms with E-state index in [0.717, 1.165) is 39.1 Å². The highest BCUT2D eigenvalue weighted by atomic mass is 35.5. The van der Waals surface area contributed by atoms with Crippen molar-refractivity contribution in [1.82, 2.24) is 15.1 Å². The third kappa shape index (κ3) is 7.22. The molecule has 1 amide bonds. The van der Waals surface area contributed by atoms with Crippen LogP contribution in [0.4, 0.5) is 0 Å². The molecule has 2 atom stereocenters. The number of halogens is 2. The minimum Gasteiger partial charge on any atom is -0.337 e. The molecule has 0 aromatic heterocycles. The highest BCUT2D eigenvalue weighted by Crippen LogP contribution is 2.33. The highest BCUT2D eigenvalue weighted by Gasteiger charge is 2.34. The van der Waals surface area contributed by atoms with E-state index in [9.17, 15) is 4.79 Å². The number of piperidine rings is 1. The number of rotatable bonds is 9. The van der Waals surface area contributed by atoms with Crippen molar-refractivity contribution in [3.05, 3.63) is 35.9 Å². The number of amides is 1. The summed E-state index contributed by atoms with van der Waals surface area (Å²) in [5.41, 5.74) is 1.23. The maximum atomic E-state index is 13.1. The van der Waals surface area contributed by atoms with E-state index in [-0.39, 0.29) is 24.8 Å². The number of likely N-dealkylation sites (N-methyl/N-ethyl adjacent to an activating group) is 1. The van der Waals surface area contributed by atoms with E-state index in [1.807, 2.05) is 6.07 Å². The Hall–Kier alpha value is -0.810. The van der Waals surface area contributed by atoms with Crippen LogP contribution in [-0.2, 0) is 11.3 Å². The first-order valence-electron chi connectivity index (χ1n) is 10.5. The van der Waals surface area contributed by atoms with Gasteiger partial charge in [-0.15, -0.1) is 24.8 Å². The summed E-state index contributed by atoms with van der Waals surface area (Å²) in [4.78, 5) is 17.6. The van der Waals surface area contributed by atoms with E-state index in [1.54, 1.807) is 0 Å². The Morgan fingerprint density at radius 2 is 1.61 bits per heavy atom. The molecular formula is C22H37Cl2N3O. The molecule has 1 N–H and O–H groups in total. The minimum absolute atomic E-state index is 0. The maximum absolute atomic E-state index is 13.1. The fourth-order valence-electron chi connectivity index (χ4n) is 4.62. The van der Waals surface area contributed by atoms with Crippen molar-refractivity contribution in [3.63, 3.8) is 0 Å². The normalized spacial score (nSPS) is 23.0. The number of hydrogen-bond acceptors (Lipinski definition) is 3. The molecular weight excluding hydrogens is 393 g/mol. The molecule has 2 heterocycles. The molecule has 2 saturated heterocycles. The first-order valence-corrected chi connectivity index (χ1v) is 10.5. The van der Waals surface area contributed by atoms with Crippen molar-refractivity contribution >= 4 is 30.7 Å². The number of carbonyl (C=O) groups excluding carboxylic acids is 1. The molecule has 160 valence electrons. The first kappa shape index (κ1) is 25.2. The van der Waals surface area contributed by atoms with Crippen molar-refractivity contribution in [3.8, 4) is 0 Å². The van der Waals surface area contributed by atoms with Crippen LogP contribution < -0.4 is 5.32 Å². The minimum atomic E-state index is 0. The van der Waals surface area contributed by atoms with Crippen LogP contribution in [0.25, 0.3) is 0 Å². The topological polar surface area (TPSA) is 35.6 Å². The lowest BCUT2D eigenvalue weighted by atomic mass is 9.89. The van der Waals surface area contributed by atoms with Crippen molar-refractivity contribution in [2.24, 2.45) is 5.92 Å². The molecule has 1 aromatic carbocycles. The van der Waals surface area contributed by atoms with Gasteiger partial charge in [-0.25, -0.2) is 0 Å². The molecule has 6 heteroatoms. The summed E-state index contributed by atoms with van der Waals surface area (Å²) in [6.45, 7) is 8.99. The molecule has 0 radical (unpaired) electrons. The lowest BCUT2D eigenvalue weighted by molar-refractivity contribution is -0.133. The van der Waals surface area contributed by atoms with Gasteiger partial charge in [0.2, 0.25) is 5.91 Å². The lowest BCUT2D eigenvalue weighted by Crippen LogP contribution is -2.42. The van der Waals surface area contributed by atoms with Gasteiger partial charge in [-0.3, -0.25) is 4.79 Å². The third-order valence-electron chi connectivity index (χ3n) is 6.18. The lowest BCUT2D eigenvalue weighted by Gasteiger charge is -2.32. The summed E-state index contributed by atoms with van der Waals surface area (Å²) in [7, 11) is 0. The monoisotopic (exact) mass is 429 g/mol. The highest BCUT2D eigenvalue weighted by molar-refractivity contribution is 5.85. The fourth-order valence-corrected chi connectivity index (χ4v) is 4.62. The van der Waals surface area contributed by atoms with Crippen LogP contribution in [-0.4, -0.2) is 54.0 Å². The Bertz CT molecular complexity index is 556. The number of hydrogen-bond donors (Lipinski definition) is 1. The zero-order valence-electron chi connectivity index (χ0n) is 17.3. The summed E-state index contributed by atoms with van der Waals surface area (Å²) < 4.78 is 0. The van der Waals surface area contributed by atoms with Crippen molar-refractivity contribution < 1.29 is 4.79 Å². The van der Waals surface area contributed by atoms with Crippen molar-refractivity contribution in [2.75, 3.05) is 26.2 Å². The van der Waals surface area contributed by atoms with Gasteiger partial charge in [0.05, 0.1) is 0 Å². The quantitative estimate of drug-likeness (QED) is 0.640. The molecule has 28 heavy (non-hydrogen) atoms. The molecule has 1 aromatic rings. The molecule has 2 fully saturated rings. The van der Waals surface area contributed by atoms with Gasteiger partial charge in [-0.2, -0.15) is 0 Å². The van der Waals surface area contributed by atoms with Crippen LogP contribution in [0.3, 0.4) is 0 Å². The molecule has 0 spiro atoms. The van der Waals surface area contributed by atoms with Crippen LogP contribution >= 0.6 is 24.8 Å². The van der Waals surface area contributed by atoms with Gasteiger partial charge in [0.1, 0.15) is 0 Å². The first-order chi connectivity index (χ1) is 12.7. The van der Waals surface area contributed by atoms with E-state index >= 15 is 0 Å². The van der Waals surface area contributed by atoms with Gasteiger partial charge >= 0.3 is 0 Å². The van der Waals surface area contributed by atoms with Gasteiger partial charge in [-0.05, 0) is 50.3 Å². The van der Waals surface area contributed by atoms with Crippen molar-refractivity contribution in [1.29, 1.82) is 0 Å². The molecule has 2 aliphatic heterocycles. The van der Waals surface area contributed by atoms with E-state index < -0.39 is 0 Å². The second-order valence-corrected chi connectivity index (χ2v) is 8.01. The molecule has 2 aliphatic rings. The van der Waals surface area contributed by atoms with E-state index in [2.05, 4.69) is 53.2 Å². The number of carbonyl (C=O) groups is 1. The van der Waals surface area contributed by atoms with Crippen LogP contribution in [0.15, 0.2) is 30.3 Å². The Labute approximate surface area is 183 Å². The Balaban J connectivity index is 0.00000196. The van der Waals surface area contributed by atoms with Crippen LogP contribution in [0.1, 0.15) is 51.5 Å². The van der Waals surface area contributed by atoms with Crippen LogP contribution in [0.2, 0.25) is 0 Å². The van der Waals surface area contributed by atoms with Crippen LogP contribution in [0, 0.1) is 5.92 Å². The average Bonchev–Trinajstić information content (AvgIpc) is 3.00. The summed E-state index contributed by atoms with van der Waals surface area (Å²) in [6, 6.07) is 11.7. The standard InChI is InChI=1S/C22H35N3O.2ClH/c1-3-24(4-2)12-13-25(17-18-8-6-5-7-9-18)22(26)16-19-14-20-10-11-21(15-19)23-20;;/h5-9,19-21,23H,3-4,10-17H2,1-2H3;2*1H. The number of nitrogens with zero attached hydrogens (tertiary/aromatic N) is 2. The number of fused-ring (bicyclic) bond motifs is 2. The zero-order valence-corrected chi connectivity index (χ0v) is 18.9. The average molecular weight is 430 g/mol. The molecule has 2 unspecified atom stereocenters. The predicted octanol–water partition coefficient (Wildman–Crippen LogP) is 4.12. The van der Waals surface area contributed by atoms with Crippen LogP contribution in [0.5, 0.6) is 0 Å². The summed E-state index contributed by atoms with van der Waals surface area (Å²) in [6.07, 6.45) is 5.67. The van der Waals surface area contributed by atoms with E-state index in [1.165, 1.54) is 31.2 Å². The molecule has 2 bridgehead atoms. The van der Waals surface area contributed by atoms with Gasteiger partial charge < -0.3 is 15.1 Å². The summed E-state index contributed by atoms with van der Waals surface area (Å²) in [5, 5.41) is 3.69. The smallest absolute Gasteiger partial charge is 0.223 e. The maximum Gasteiger partial charge on any atom is 0.223 e. The fraction of sp³-hybridized carbons (Fsp3) is 0.682. The second kappa shape index (κ2) is 12.7. The summed E-state index contributed by atoms with van der Waals surface area (Å²) >= 11 is 0. The van der Waals surface area contributed by atoms with E-state index in [4.69, 9.17) is 0 Å². The molecule has 0 aliphatic carbocycles. The van der Waals surface area contributed by atoms with Gasteiger partial charge in [-0.1, -0.05) is 44.2 Å². The Morgan fingerprint density at radius 3 is 2.18 bits per heavy atom. The Morgan fingerprint density at radius 1 is 1.00 bits per heavy atom. The summed E-state index contributed by atoms with van der Waals surface area (Å²) in [5.74, 6) is 0.903. The second-order valence-electron chi connectivity index (χ2n) is 8.01. The van der Waals surface area contributed by atoms with E-state index in [0.29, 0.717) is 23.9 Å². The Kier molecular flexibility index (Phi) is 11.4. The SMILES string of the molecule is CCN(CC)CCN(Cc1ccccc1)C(=O)CC1CC2CCC(C1)N2.Cl.Cl. The largest absolute Gasteiger partial charge is 0.337 e. The molecule has 0 saturated carbocycles. The molecule has 3 rings (SSSR count). The van der Waals surface area contributed by atoms with Crippen molar-refractivity contribution in [2.45, 2.75) is 64.6 Å². The molecule has 4 nitrogen and oxygen atoms in total. The van der Waals surface area contributed by atoms with Gasteiger partial charge in [0.25, 0.3) is 0 Å². The van der Waals surface area contributed by atoms with Gasteiger partial charge in [0.15, 0.2) is 0 Å². The zero-order chi connectivity index (χ0) is 18.4. The third-order valence-corrected chi connectivity index (χ3v) is 6.18. The predicted molar refractivity (Wildman–Crippen MR) is 121 cm³/mol. The number of nitrogens with one attached hydrogen (secondary N) is 1. The number of benzene rings is 1. The van der Waals surface area contributed by atoms with Gasteiger partial charge in [0, 0.05) is 38.1 Å².